The van der Waals surface area contributed by atoms with Gasteiger partial charge in [0.1, 0.15) is 11.8 Å². The summed E-state index contributed by atoms with van der Waals surface area (Å²) in [6, 6.07) is 6.86. The normalized spacial score (nSPS) is 16.0. The molecule has 0 aliphatic carbocycles. The van der Waals surface area contributed by atoms with E-state index in [0.717, 1.165) is 11.1 Å². The lowest BCUT2D eigenvalue weighted by atomic mass is 10.2. The quantitative estimate of drug-likeness (QED) is 0.684. The number of aromatic nitrogens is 4. The molecule has 9 nitrogen and oxygen atoms in total. The third-order valence-corrected chi connectivity index (χ3v) is 6.13. The second-order valence-electron chi connectivity index (χ2n) is 5.84. The second kappa shape index (κ2) is 6.98. The van der Waals surface area contributed by atoms with Gasteiger partial charge in [-0.25, -0.2) is 23.4 Å². The van der Waals surface area contributed by atoms with E-state index in [-0.39, 0.29) is 0 Å². The number of hydrogen-bond donors (Lipinski definition) is 2. The Kier molecular flexibility index (Phi) is 4.53. The van der Waals surface area contributed by atoms with E-state index in [1.165, 1.54) is 10.6 Å². The highest BCUT2D eigenvalue weighted by Gasteiger charge is 2.26. The highest BCUT2D eigenvalue weighted by atomic mass is 32.2. The lowest BCUT2D eigenvalue weighted by Gasteiger charge is -2.26. The Morgan fingerprint density at radius 3 is 2.65 bits per heavy atom. The van der Waals surface area contributed by atoms with E-state index in [1.54, 1.807) is 30.6 Å². The topological polar surface area (TPSA) is 113 Å². The molecule has 2 aromatic heterocycles. The molecule has 136 valence electrons. The molecule has 0 amide bonds. The fourth-order valence-electron chi connectivity index (χ4n) is 2.80. The first-order chi connectivity index (χ1) is 12.6. The van der Waals surface area contributed by atoms with Crippen molar-refractivity contribution in [1.29, 1.82) is 0 Å². The van der Waals surface area contributed by atoms with Crippen LogP contribution in [0.25, 0.3) is 11.2 Å². The van der Waals surface area contributed by atoms with Crippen LogP contribution in [0.4, 0.5) is 5.82 Å². The number of rotatable bonds is 5. The number of imidazole rings is 1. The van der Waals surface area contributed by atoms with E-state index in [0.29, 0.717) is 49.2 Å². The molecule has 1 aromatic carbocycles. The van der Waals surface area contributed by atoms with Crippen LogP contribution in [-0.4, -0.2) is 59.0 Å². The Hall–Kier alpha value is -2.56. The van der Waals surface area contributed by atoms with Gasteiger partial charge in [0.15, 0.2) is 11.5 Å². The summed E-state index contributed by atoms with van der Waals surface area (Å²) in [6.45, 7) is 2.15. The molecule has 0 bridgehead atoms. The Balaban J connectivity index is 1.47. The second-order valence-corrected chi connectivity index (χ2v) is 7.78. The zero-order valence-corrected chi connectivity index (χ0v) is 14.7. The Labute approximate surface area is 150 Å². The molecule has 10 heteroatoms. The first-order valence-corrected chi connectivity index (χ1v) is 9.63. The Bertz CT molecular complexity index is 996. The lowest BCUT2D eigenvalue weighted by Crippen LogP contribution is -2.40. The highest BCUT2D eigenvalue weighted by molar-refractivity contribution is 7.89. The molecule has 26 heavy (non-hydrogen) atoms. The van der Waals surface area contributed by atoms with E-state index in [4.69, 9.17) is 4.74 Å². The zero-order valence-electron chi connectivity index (χ0n) is 13.9. The number of hydrogen-bond acceptors (Lipinski definition) is 7. The molecule has 0 unspecified atom stereocenters. The molecule has 1 aliphatic heterocycles. The number of morpholine rings is 1. The minimum atomic E-state index is -3.47. The molecule has 0 radical (unpaired) electrons. The van der Waals surface area contributed by atoms with E-state index in [1.807, 2.05) is 0 Å². The predicted molar refractivity (Wildman–Crippen MR) is 95.0 cm³/mol. The third kappa shape index (κ3) is 3.26. The van der Waals surface area contributed by atoms with Crippen LogP contribution in [0.2, 0.25) is 0 Å². The highest BCUT2D eigenvalue weighted by Crippen LogP contribution is 2.19. The molecular weight excluding hydrogens is 356 g/mol. The minimum Gasteiger partial charge on any atom is -0.379 e. The van der Waals surface area contributed by atoms with Gasteiger partial charge in [-0.1, -0.05) is 12.1 Å². The summed E-state index contributed by atoms with van der Waals surface area (Å²) in [5.41, 5.74) is 2.27. The van der Waals surface area contributed by atoms with Crippen LogP contribution in [0.3, 0.4) is 0 Å². The monoisotopic (exact) mass is 374 g/mol. The van der Waals surface area contributed by atoms with Crippen molar-refractivity contribution in [3.05, 3.63) is 42.5 Å². The molecule has 1 fully saturated rings. The van der Waals surface area contributed by atoms with Crippen LogP contribution >= 0.6 is 0 Å². The standard InChI is InChI=1S/C16H18N6O3S/c23-26(24,22-5-7-25-8-6-22)13-3-1-12(2-4-13)9-17-15-14-16(19-10-18-14)21-11-20-15/h1-4,10-11H,5-9H2,(H2,17,18,19,20,21). The molecular formula is C16H18N6O3S. The summed E-state index contributed by atoms with van der Waals surface area (Å²) in [4.78, 5) is 15.6. The zero-order chi connectivity index (χ0) is 18.0. The van der Waals surface area contributed by atoms with E-state index < -0.39 is 10.0 Å². The van der Waals surface area contributed by atoms with E-state index >= 15 is 0 Å². The summed E-state index contributed by atoms with van der Waals surface area (Å²) in [7, 11) is -3.47. The van der Waals surface area contributed by atoms with Crippen LogP contribution in [-0.2, 0) is 21.3 Å². The number of ether oxygens (including phenoxy) is 1. The van der Waals surface area contributed by atoms with Gasteiger partial charge in [0, 0.05) is 19.6 Å². The number of H-pyrrole nitrogens is 1. The van der Waals surface area contributed by atoms with Gasteiger partial charge in [0.05, 0.1) is 24.4 Å². The van der Waals surface area contributed by atoms with Crippen molar-refractivity contribution in [3.63, 3.8) is 0 Å². The van der Waals surface area contributed by atoms with E-state index in [2.05, 4.69) is 25.3 Å². The molecule has 0 saturated carbocycles. The number of aromatic amines is 1. The molecule has 3 aromatic rings. The molecule has 0 spiro atoms. The average Bonchev–Trinajstić information content (AvgIpc) is 3.17. The lowest BCUT2D eigenvalue weighted by molar-refractivity contribution is 0.0730. The summed E-state index contributed by atoms with van der Waals surface area (Å²) in [5, 5.41) is 3.21. The van der Waals surface area contributed by atoms with Crippen LogP contribution in [0.5, 0.6) is 0 Å². The molecule has 1 saturated heterocycles. The largest absolute Gasteiger partial charge is 0.379 e. The summed E-state index contributed by atoms with van der Waals surface area (Å²) in [6.07, 6.45) is 3.01. The van der Waals surface area contributed by atoms with Crippen molar-refractivity contribution < 1.29 is 13.2 Å². The molecule has 1 aliphatic rings. The van der Waals surface area contributed by atoms with Gasteiger partial charge in [-0.05, 0) is 17.7 Å². The molecule has 3 heterocycles. The van der Waals surface area contributed by atoms with Crippen LogP contribution < -0.4 is 5.32 Å². The van der Waals surface area contributed by atoms with Crippen LogP contribution in [0.1, 0.15) is 5.56 Å². The van der Waals surface area contributed by atoms with Gasteiger partial charge in [-0.2, -0.15) is 4.31 Å². The number of nitrogens with zero attached hydrogens (tertiary/aromatic N) is 4. The minimum absolute atomic E-state index is 0.293. The summed E-state index contributed by atoms with van der Waals surface area (Å²) >= 11 is 0. The van der Waals surface area contributed by atoms with Gasteiger partial charge in [-0.15, -0.1) is 0 Å². The van der Waals surface area contributed by atoms with Crippen LogP contribution in [0, 0.1) is 0 Å². The molecule has 2 N–H and O–H groups in total. The van der Waals surface area contributed by atoms with Crippen molar-refractivity contribution in [2.24, 2.45) is 0 Å². The maximum Gasteiger partial charge on any atom is 0.243 e. The van der Waals surface area contributed by atoms with Crippen molar-refractivity contribution in [2.75, 3.05) is 31.6 Å². The Morgan fingerprint density at radius 1 is 1.12 bits per heavy atom. The van der Waals surface area contributed by atoms with Crippen LogP contribution in [0.15, 0.2) is 41.8 Å². The number of fused-ring (bicyclic) bond motifs is 1. The predicted octanol–water partition coefficient (Wildman–Crippen LogP) is 0.986. The van der Waals surface area contributed by atoms with Crippen molar-refractivity contribution >= 4 is 27.0 Å². The number of sulfonamides is 1. The maximum atomic E-state index is 12.6. The fraction of sp³-hybridized carbons (Fsp3) is 0.312. The van der Waals surface area contributed by atoms with Gasteiger partial charge in [0.2, 0.25) is 10.0 Å². The Morgan fingerprint density at radius 2 is 1.88 bits per heavy atom. The van der Waals surface area contributed by atoms with Crippen molar-refractivity contribution in [3.8, 4) is 0 Å². The smallest absolute Gasteiger partial charge is 0.243 e. The molecule has 0 atom stereocenters. The van der Waals surface area contributed by atoms with Crippen molar-refractivity contribution in [2.45, 2.75) is 11.4 Å². The van der Waals surface area contributed by atoms with Gasteiger partial charge < -0.3 is 15.0 Å². The fourth-order valence-corrected chi connectivity index (χ4v) is 4.21. The van der Waals surface area contributed by atoms with Gasteiger partial charge in [-0.3, -0.25) is 0 Å². The first-order valence-electron chi connectivity index (χ1n) is 8.19. The van der Waals surface area contributed by atoms with E-state index in [9.17, 15) is 8.42 Å². The summed E-state index contributed by atoms with van der Waals surface area (Å²) < 4.78 is 31.9. The van der Waals surface area contributed by atoms with Gasteiger partial charge >= 0.3 is 0 Å². The first kappa shape index (κ1) is 16.9. The average molecular weight is 374 g/mol. The number of anilines is 1. The van der Waals surface area contributed by atoms with Crippen molar-refractivity contribution in [1.82, 2.24) is 24.2 Å². The molecule has 4 rings (SSSR count). The third-order valence-electron chi connectivity index (χ3n) is 4.21. The summed E-state index contributed by atoms with van der Waals surface area (Å²) in [5.74, 6) is 0.650. The maximum absolute atomic E-state index is 12.6. The SMILES string of the molecule is O=S(=O)(c1ccc(CNc2ncnc3nc[nH]c23)cc1)N1CCOCC1. The van der Waals surface area contributed by atoms with Gasteiger partial charge in [0.25, 0.3) is 0 Å². The number of nitrogens with one attached hydrogen (secondary N) is 2. The number of benzene rings is 1.